The lowest BCUT2D eigenvalue weighted by Crippen LogP contribution is -2.41. The van der Waals surface area contributed by atoms with Crippen molar-refractivity contribution in [1.29, 1.82) is 0 Å². The van der Waals surface area contributed by atoms with Gasteiger partial charge in [-0.1, -0.05) is 6.92 Å². The fraction of sp³-hybridized carbons (Fsp3) is 0.750. The predicted molar refractivity (Wildman–Crippen MR) is 43.6 cm³/mol. The first kappa shape index (κ1) is 7.45. The van der Waals surface area contributed by atoms with Gasteiger partial charge in [0.15, 0.2) is 0 Å². The summed E-state index contributed by atoms with van der Waals surface area (Å²) in [5, 5.41) is 6.78. The minimum absolute atomic E-state index is 0.579. The van der Waals surface area contributed by atoms with Gasteiger partial charge in [0.05, 0.1) is 0 Å². The zero-order valence-corrected chi connectivity index (χ0v) is 6.99. The highest BCUT2D eigenvalue weighted by atomic mass is 15.1. The molecule has 0 aromatic carbocycles. The molecule has 2 N–H and O–H groups in total. The fourth-order valence-electron chi connectivity index (χ4n) is 1.31. The van der Waals surface area contributed by atoms with Crippen molar-refractivity contribution in [1.82, 2.24) is 10.6 Å². The van der Waals surface area contributed by atoms with Crippen LogP contribution in [0.5, 0.6) is 0 Å². The Bertz CT molecular complexity index is 149. The van der Waals surface area contributed by atoms with Crippen LogP contribution < -0.4 is 10.6 Å². The summed E-state index contributed by atoms with van der Waals surface area (Å²) in [6, 6.07) is 0.579. The van der Waals surface area contributed by atoms with Crippen LogP contribution in [0.2, 0.25) is 0 Å². The van der Waals surface area contributed by atoms with E-state index in [1.165, 1.54) is 11.4 Å². The van der Waals surface area contributed by atoms with Crippen molar-refractivity contribution in [2.75, 3.05) is 6.54 Å². The van der Waals surface area contributed by atoms with Crippen LogP contribution in [0, 0.1) is 0 Å². The van der Waals surface area contributed by atoms with Crippen LogP contribution in [0.25, 0.3) is 0 Å². The molecule has 0 fully saturated rings. The molecule has 1 rings (SSSR count). The van der Waals surface area contributed by atoms with Gasteiger partial charge in [-0.15, -0.1) is 0 Å². The molecule has 58 valence electrons. The molecule has 2 heteroatoms. The molecular weight excluding hydrogens is 124 g/mol. The van der Waals surface area contributed by atoms with Crippen LogP contribution in [0.15, 0.2) is 11.4 Å². The Balaban J connectivity index is 2.61. The summed E-state index contributed by atoms with van der Waals surface area (Å²) < 4.78 is 0. The van der Waals surface area contributed by atoms with Gasteiger partial charge in [0.25, 0.3) is 0 Å². The standard InChI is InChI=1S/C8H16N2/c1-4-8-7(3)10-6(2)5-9-8/h6,9-10H,4-5H2,1-3H3. The van der Waals surface area contributed by atoms with Crippen molar-refractivity contribution >= 4 is 0 Å². The molecule has 0 spiro atoms. The highest BCUT2D eigenvalue weighted by molar-refractivity contribution is 5.12. The zero-order chi connectivity index (χ0) is 7.56. The normalized spacial score (nSPS) is 25.7. The maximum Gasteiger partial charge on any atom is 0.0403 e. The Labute approximate surface area is 62.7 Å². The molecule has 0 bridgehead atoms. The third kappa shape index (κ3) is 1.43. The minimum Gasteiger partial charge on any atom is -0.385 e. The summed E-state index contributed by atoms with van der Waals surface area (Å²) in [6.45, 7) is 7.54. The molecule has 1 heterocycles. The van der Waals surface area contributed by atoms with Crippen LogP contribution in [0.1, 0.15) is 27.2 Å². The van der Waals surface area contributed by atoms with Crippen LogP contribution in [0.3, 0.4) is 0 Å². The van der Waals surface area contributed by atoms with Crippen molar-refractivity contribution in [3.63, 3.8) is 0 Å². The summed E-state index contributed by atoms with van der Waals surface area (Å²) in [5.41, 5.74) is 2.67. The number of allylic oxidation sites excluding steroid dienone is 2. The van der Waals surface area contributed by atoms with Crippen molar-refractivity contribution < 1.29 is 0 Å². The maximum atomic E-state index is 3.40. The van der Waals surface area contributed by atoms with Gasteiger partial charge in [-0.05, 0) is 20.3 Å². The number of hydrogen-bond acceptors (Lipinski definition) is 2. The molecule has 1 unspecified atom stereocenters. The molecule has 0 aliphatic carbocycles. The van der Waals surface area contributed by atoms with E-state index in [1.807, 2.05) is 0 Å². The average molecular weight is 140 g/mol. The molecule has 0 amide bonds. The highest BCUT2D eigenvalue weighted by Gasteiger charge is 2.10. The van der Waals surface area contributed by atoms with Crippen molar-refractivity contribution in [3.05, 3.63) is 11.4 Å². The van der Waals surface area contributed by atoms with E-state index in [0.717, 1.165) is 13.0 Å². The first-order valence-electron chi connectivity index (χ1n) is 3.94. The van der Waals surface area contributed by atoms with E-state index in [-0.39, 0.29) is 0 Å². The molecule has 1 atom stereocenters. The minimum atomic E-state index is 0.579. The molecule has 2 nitrogen and oxygen atoms in total. The van der Waals surface area contributed by atoms with Gasteiger partial charge in [-0.3, -0.25) is 0 Å². The van der Waals surface area contributed by atoms with E-state index in [1.54, 1.807) is 0 Å². The second-order valence-corrected chi connectivity index (χ2v) is 2.88. The van der Waals surface area contributed by atoms with Crippen LogP contribution in [-0.4, -0.2) is 12.6 Å². The third-order valence-electron chi connectivity index (χ3n) is 1.89. The van der Waals surface area contributed by atoms with Crippen LogP contribution in [-0.2, 0) is 0 Å². The smallest absolute Gasteiger partial charge is 0.0403 e. The summed E-state index contributed by atoms with van der Waals surface area (Å²) in [5.74, 6) is 0. The lowest BCUT2D eigenvalue weighted by molar-refractivity contribution is 0.521. The second kappa shape index (κ2) is 2.95. The van der Waals surface area contributed by atoms with Crippen LogP contribution in [0.4, 0.5) is 0 Å². The number of nitrogens with one attached hydrogen (secondary N) is 2. The van der Waals surface area contributed by atoms with E-state index in [0.29, 0.717) is 6.04 Å². The predicted octanol–water partition coefficient (Wildman–Crippen LogP) is 1.21. The zero-order valence-electron chi connectivity index (χ0n) is 6.99. The topological polar surface area (TPSA) is 24.1 Å². The number of hydrogen-bond donors (Lipinski definition) is 2. The summed E-state index contributed by atoms with van der Waals surface area (Å²) >= 11 is 0. The largest absolute Gasteiger partial charge is 0.385 e. The summed E-state index contributed by atoms with van der Waals surface area (Å²) in [7, 11) is 0. The van der Waals surface area contributed by atoms with Crippen molar-refractivity contribution in [3.8, 4) is 0 Å². The highest BCUT2D eigenvalue weighted by Crippen LogP contribution is 2.06. The fourth-order valence-corrected chi connectivity index (χ4v) is 1.31. The lowest BCUT2D eigenvalue weighted by atomic mass is 10.2. The van der Waals surface area contributed by atoms with Gasteiger partial charge in [0.1, 0.15) is 0 Å². The first-order valence-corrected chi connectivity index (χ1v) is 3.94. The molecule has 0 aromatic heterocycles. The average Bonchev–Trinajstić information content (AvgIpc) is 1.88. The maximum absolute atomic E-state index is 3.40. The monoisotopic (exact) mass is 140 g/mol. The molecular formula is C8H16N2. The molecule has 10 heavy (non-hydrogen) atoms. The van der Waals surface area contributed by atoms with Gasteiger partial charge in [0.2, 0.25) is 0 Å². The number of rotatable bonds is 1. The molecule has 1 aliphatic heterocycles. The van der Waals surface area contributed by atoms with Gasteiger partial charge in [-0.25, -0.2) is 0 Å². The van der Waals surface area contributed by atoms with E-state index in [9.17, 15) is 0 Å². The molecule has 0 saturated heterocycles. The Kier molecular flexibility index (Phi) is 2.20. The van der Waals surface area contributed by atoms with E-state index in [2.05, 4.69) is 31.4 Å². The molecule has 0 aromatic rings. The Morgan fingerprint density at radius 2 is 2.30 bits per heavy atom. The van der Waals surface area contributed by atoms with E-state index >= 15 is 0 Å². The molecule has 0 saturated carbocycles. The van der Waals surface area contributed by atoms with Crippen molar-refractivity contribution in [2.45, 2.75) is 33.2 Å². The Morgan fingerprint density at radius 1 is 1.60 bits per heavy atom. The molecule has 1 aliphatic rings. The van der Waals surface area contributed by atoms with Gasteiger partial charge in [0, 0.05) is 24.0 Å². The lowest BCUT2D eigenvalue weighted by Gasteiger charge is -2.26. The van der Waals surface area contributed by atoms with Crippen molar-refractivity contribution in [2.24, 2.45) is 0 Å². The van der Waals surface area contributed by atoms with Crippen LogP contribution >= 0.6 is 0 Å². The van der Waals surface area contributed by atoms with E-state index in [4.69, 9.17) is 0 Å². The summed E-state index contributed by atoms with van der Waals surface area (Å²) in [6.07, 6.45) is 1.10. The summed E-state index contributed by atoms with van der Waals surface area (Å²) in [4.78, 5) is 0. The van der Waals surface area contributed by atoms with Gasteiger partial charge < -0.3 is 10.6 Å². The third-order valence-corrected chi connectivity index (χ3v) is 1.89. The Hall–Kier alpha value is -0.660. The SMILES string of the molecule is CCC1=C(C)NC(C)CN1. The Morgan fingerprint density at radius 3 is 2.80 bits per heavy atom. The molecule has 0 radical (unpaired) electrons. The van der Waals surface area contributed by atoms with Gasteiger partial charge >= 0.3 is 0 Å². The quantitative estimate of drug-likeness (QED) is 0.572. The first-order chi connectivity index (χ1) is 4.74. The van der Waals surface area contributed by atoms with Gasteiger partial charge in [-0.2, -0.15) is 0 Å². The second-order valence-electron chi connectivity index (χ2n) is 2.88. The van der Waals surface area contributed by atoms with E-state index < -0.39 is 0 Å².